The summed E-state index contributed by atoms with van der Waals surface area (Å²) < 4.78 is 5.24. The molecular formula is C24H28N4O4. The van der Waals surface area contributed by atoms with Gasteiger partial charge in [0.1, 0.15) is 11.6 Å². The van der Waals surface area contributed by atoms with Crippen molar-refractivity contribution in [1.29, 1.82) is 0 Å². The van der Waals surface area contributed by atoms with Crippen LogP contribution in [0, 0.1) is 5.92 Å². The van der Waals surface area contributed by atoms with E-state index >= 15 is 0 Å². The van der Waals surface area contributed by atoms with Gasteiger partial charge in [-0.1, -0.05) is 12.1 Å². The first-order chi connectivity index (χ1) is 15.5. The molecular weight excluding hydrogens is 408 g/mol. The van der Waals surface area contributed by atoms with Gasteiger partial charge in [0, 0.05) is 37.0 Å². The predicted octanol–water partition coefficient (Wildman–Crippen LogP) is 1.63. The second-order valence-corrected chi connectivity index (χ2v) is 9.01. The van der Waals surface area contributed by atoms with Crippen LogP contribution in [0.25, 0.3) is 0 Å². The van der Waals surface area contributed by atoms with Crippen LogP contribution in [-0.2, 0) is 29.0 Å². The van der Waals surface area contributed by atoms with Crippen LogP contribution in [0.5, 0.6) is 5.75 Å². The summed E-state index contributed by atoms with van der Waals surface area (Å²) in [6.07, 6.45) is 3.56. The zero-order chi connectivity index (χ0) is 22.2. The zero-order valence-corrected chi connectivity index (χ0v) is 18.3. The molecule has 1 atom stereocenters. The summed E-state index contributed by atoms with van der Waals surface area (Å²) in [6, 6.07) is 7.54. The Labute approximate surface area is 186 Å². The number of ether oxygens (including phenoxy) is 1. The molecule has 1 saturated carbocycles. The van der Waals surface area contributed by atoms with E-state index in [0.717, 1.165) is 30.6 Å². The Kier molecular flexibility index (Phi) is 5.45. The minimum atomic E-state index is -0.107. The van der Waals surface area contributed by atoms with E-state index in [0.29, 0.717) is 56.1 Å². The Morgan fingerprint density at radius 1 is 1.19 bits per heavy atom. The summed E-state index contributed by atoms with van der Waals surface area (Å²) in [7, 11) is 1.61. The third kappa shape index (κ3) is 4.13. The maximum atomic E-state index is 12.8. The molecule has 2 amide bonds. The number of rotatable bonds is 5. The minimum Gasteiger partial charge on any atom is -0.497 e. The third-order valence-electron chi connectivity index (χ3n) is 6.75. The lowest BCUT2D eigenvalue weighted by Gasteiger charge is -2.28. The Morgan fingerprint density at radius 2 is 2.03 bits per heavy atom. The van der Waals surface area contributed by atoms with Gasteiger partial charge in [-0.25, -0.2) is 4.98 Å². The highest BCUT2D eigenvalue weighted by molar-refractivity contribution is 5.81. The molecule has 2 fully saturated rings. The van der Waals surface area contributed by atoms with Crippen LogP contribution >= 0.6 is 0 Å². The van der Waals surface area contributed by atoms with E-state index in [4.69, 9.17) is 9.72 Å². The quantitative estimate of drug-likeness (QED) is 0.769. The minimum absolute atomic E-state index is 0.00299. The molecule has 168 valence electrons. The van der Waals surface area contributed by atoms with Crippen LogP contribution < -0.4 is 10.3 Å². The predicted molar refractivity (Wildman–Crippen MR) is 117 cm³/mol. The second kappa shape index (κ2) is 8.41. The molecule has 8 nitrogen and oxygen atoms in total. The van der Waals surface area contributed by atoms with Crippen molar-refractivity contribution in [3.8, 4) is 5.75 Å². The van der Waals surface area contributed by atoms with Crippen LogP contribution in [0.15, 0.2) is 29.1 Å². The molecule has 1 saturated heterocycles. The van der Waals surface area contributed by atoms with Crippen molar-refractivity contribution in [1.82, 2.24) is 19.8 Å². The van der Waals surface area contributed by atoms with E-state index in [1.54, 1.807) is 7.11 Å². The number of amides is 2. The smallest absolute Gasteiger partial charge is 0.254 e. The fourth-order valence-electron chi connectivity index (χ4n) is 4.71. The van der Waals surface area contributed by atoms with E-state index in [1.807, 2.05) is 34.1 Å². The molecule has 5 rings (SSSR count). The third-order valence-corrected chi connectivity index (χ3v) is 6.75. The summed E-state index contributed by atoms with van der Waals surface area (Å²) in [4.78, 5) is 49.4. The van der Waals surface area contributed by atoms with Crippen molar-refractivity contribution in [2.45, 2.75) is 44.6 Å². The summed E-state index contributed by atoms with van der Waals surface area (Å²) in [5, 5.41) is 0. The number of methoxy groups -OCH3 is 1. The summed E-state index contributed by atoms with van der Waals surface area (Å²) >= 11 is 0. The Morgan fingerprint density at radius 3 is 2.81 bits per heavy atom. The Bertz CT molecular complexity index is 1110. The fraction of sp³-hybridized carbons (Fsp3) is 0.500. The molecule has 0 spiro atoms. The second-order valence-electron chi connectivity index (χ2n) is 9.01. The standard InChI is InChI=1S/C24H28N4O4/c1-32-18-4-2-3-15(11-18)12-21(29)27-9-7-17(13-27)22-25-20-14-28(24(31)16-5-6-16)10-8-19(20)23(30)26-22/h2-4,11,16-17H,5-10,12-14H2,1H3,(H,25,26,30)/t17-/m0/s1. The number of aromatic amines is 1. The molecule has 1 N–H and O–H groups in total. The van der Waals surface area contributed by atoms with Gasteiger partial charge in [-0.3, -0.25) is 14.4 Å². The summed E-state index contributed by atoms with van der Waals surface area (Å²) in [5.74, 6) is 1.77. The van der Waals surface area contributed by atoms with Crippen molar-refractivity contribution in [2.75, 3.05) is 26.7 Å². The van der Waals surface area contributed by atoms with Gasteiger partial charge >= 0.3 is 0 Å². The lowest BCUT2D eigenvalue weighted by Crippen LogP contribution is -2.40. The number of H-pyrrole nitrogens is 1. The molecule has 2 aromatic rings. The number of hydrogen-bond donors (Lipinski definition) is 1. The largest absolute Gasteiger partial charge is 0.497 e. The first kappa shape index (κ1) is 20.7. The molecule has 32 heavy (non-hydrogen) atoms. The Balaban J connectivity index is 1.27. The normalized spacial score (nSPS) is 20.2. The lowest BCUT2D eigenvalue weighted by atomic mass is 10.0. The number of carbonyl (C=O) groups is 2. The zero-order valence-electron chi connectivity index (χ0n) is 18.3. The van der Waals surface area contributed by atoms with E-state index in [1.165, 1.54) is 0 Å². The van der Waals surface area contributed by atoms with Crippen LogP contribution in [0.2, 0.25) is 0 Å². The van der Waals surface area contributed by atoms with Crippen LogP contribution in [0.1, 0.15) is 47.8 Å². The summed E-state index contributed by atoms with van der Waals surface area (Å²) in [5.41, 5.74) is 2.21. The van der Waals surface area contributed by atoms with E-state index in [-0.39, 0.29) is 29.2 Å². The van der Waals surface area contributed by atoms with Crippen molar-refractivity contribution < 1.29 is 14.3 Å². The van der Waals surface area contributed by atoms with E-state index in [2.05, 4.69) is 4.98 Å². The number of nitrogens with zero attached hydrogens (tertiary/aromatic N) is 3. The van der Waals surface area contributed by atoms with Gasteiger partial charge in [0.2, 0.25) is 11.8 Å². The first-order valence-corrected chi connectivity index (χ1v) is 11.3. The topological polar surface area (TPSA) is 95.6 Å². The summed E-state index contributed by atoms with van der Waals surface area (Å²) in [6.45, 7) is 2.17. The molecule has 0 unspecified atom stereocenters. The van der Waals surface area contributed by atoms with E-state index < -0.39 is 0 Å². The number of fused-ring (bicyclic) bond motifs is 1. The van der Waals surface area contributed by atoms with Gasteiger partial charge in [0.25, 0.3) is 5.56 Å². The monoisotopic (exact) mass is 436 g/mol. The van der Waals surface area contributed by atoms with Crippen LogP contribution in [-0.4, -0.2) is 58.3 Å². The van der Waals surface area contributed by atoms with E-state index in [9.17, 15) is 14.4 Å². The maximum Gasteiger partial charge on any atom is 0.254 e. The van der Waals surface area contributed by atoms with Gasteiger partial charge in [-0.15, -0.1) is 0 Å². The molecule has 1 aliphatic carbocycles. The van der Waals surface area contributed by atoms with Crippen LogP contribution in [0.3, 0.4) is 0 Å². The molecule has 8 heteroatoms. The SMILES string of the molecule is COc1cccc(CC(=O)N2CC[C@H](c3nc4c(c(=O)[nH]3)CCN(C(=O)C3CC3)C4)C2)c1. The van der Waals surface area contributed by atoms with Crippen molar-refractivity contribution >= 4 is 11.8 Å². The molecule has 0 bridgehead atoms. The molecule has 1 aromatic heterocycles. The highest BCUT2D eigenvalue weighted by Gasteiger charge is 2.36. The van der Waals surface area contributed by atoms with Gasteiger partial charge < -0.3 is 19.5 Å². The van der Waals surface area contributed by atoms with Crippen molar-refractivity contribution in [3.05, 3.63) is 57.3 Å². The first-order valence-electron chi connectivity index (χ1n) is 11.3. The van der Waals surface area contributed by atoms with Crippen molar-refractivity contribution in [2.24, 2.45) is 5.92 Å². The highest BCUT2D eigenvalue weighted by atomic mass is 16.5. The molecule has 3 heterocycles. The lowest BCUT2D eigenvalue weighted by molar-refractivity contribution is -0.133. The van der Waals surface area contributed by atoms with Gasteiger partial charge in [0.15, 0.2) is 0 Å². The number of hydrogen-bond acceptors (Lipinski definition) is 5. The number of likely N-dealkylation sites (tertiary alicyclic amines) is 1. The van der Waals surface area contributed by atoms with Crippen molar-refractivity contribution in [3.63, 3.8) is 0 Å². The van der Waals surface area contributed by atoms with Gasteiger partial charge in [-0.2, -0.15) is 0 Å². The molecule has 0 radical (unpaired) electrons. The molecule has 3 aliphatic rings. The number of aromatic nitrogens is 2. The molecule has 2 aliphatic heterocycles. The van der Waals surface area contributed by atoms with Crippen LogP contribution in [0.4, 0.5) is 0 Å². The maximum absolute atomic E-state index is 12.8. The Hall–Kier alpha value is -3.16. The molecule has 1 aromatic carbocycles. The number of nitrogens with one attached hydrogen (secondary N) is 1. The fourth-order valence-corrected chi connectivity index (χ4v) is 4.71. The number of carbonyl (C=O) groups excluding carboxylic acids is 2. The average Bonchev–Trinajstić information content (AvgIpc) is 3.53. The average molecular weight is 437 g/mol. The van der Waals surface area contributed by atoms with Gasteiger partial charge in [0.05, 0.1) is 25.8 Å². The van der Waals surface area contributed by atoms with Gasteiger partial charge in [-0.05, 0) is 43.4 Å². The number of benzene rings is 1. The highest BCUT2D eigenvalue weighted by Crippen LogP contribution is 2.32.